The summed E-state index contributed by atoms with van der Waals surface area (Å²) in [6.07, 6.45) is 1.01. The maximum absolute atomic E-state index is 12.5. The summed E-state index contributed by atoms with van der Waals surface area (Å²) in [7, 11) is 0. The van der Waals surface area contributed by atoms with E-state index in [0.717, 1.165) is 27.9 Å². The lowest BCUT2D eigenvalue weighted by Gasteiger charge is -2.13. The zero-order valence-electron chi connectivity index (χ0n) is 16.5. The van der Waals surface area contributed by atoms with Gasteiger partial charge in [0.25, 0.3) is 17.1 Å². The van der Waals surface area contributed by atoms with Crippen LogP contribution >= 0.6 is 11.8 Å². The van der Waals surface area contributed by atoms with E-state index in [1.165, 1.54) is 0 Å². The molecule has 0 spiro atoms. The SMILES string of the molecule is Cc1[nH]c(C(=O)NCCN2C(=O)S/C(=C\c3ccccc3)C2=O)c(C)c1C(C)O. The molecule has 3 rings (SSSR count). The number of carbonyl (C=O) groups is 3. The Morgan fingerprint density at radius 2 is 1.97 bits per heavy atom. The smallest absolute Gasteiger partial charge is 0.293 e. The zero-order chi connectivity index (χ0) is 21.1. The van der Waals surface area contributed by atoms with Gasteiger partial charge in [-0.05, 0) is 49.7 Å². The van der Waals surface area contributed by atoms with Gasteiger partial charge in [0.15, 0.2) is 0 Å². The predicted octanol–water partition coefficient (Wildman–Crippen LogP) is 3.15. The number of aromatic nitrogens is 1. The van der Waals surface area contributed by atoms with Crippen LogP contribution in [0.3, 0.4) is 0 Å². The highest BCUT2D eigenvalue weighted by molar-refractivity contribution is 8.18. The molecule has 0 saturated carbocycles. The summed E-state index contributed by atoms with van der Waals surface area (Å²) in [4.78, 5) is 41.7. The number of rotatable bonds is 6. The maximum atomic E-state index is 12.5. The summed E-state index contributed by atoms with van der Waals surface area (Å²) in [6, 6.07) is 9.31. The first-order chi connectivity index (χ1) is 13.8. The van der Waals surface area contributed by atoms with E-state index >= 15 is 0 Å². The first kappa shape index (κ1) is 20.9. The van der Waals surface area contributed by atoms with Crippen LogP contribution in [0.5, 0.6) is 0 Å². The third-order valence-corrected chi connectivity index (χ3v) is 5.64. The van der Waals surface area contributed by atoms with Crippen LogP contribution in [0.4, 0.5) is 4.79 Å². The number of nitrogens with one attached hydrogen (secondary N) is 2. The number of hydrogen-bond donors (Lipinski definition) is 3. The zero-order valence-corrected chi connectivity index (χ0v) is 17.3. The van der Waals surface area contributed by atoms with Crippen LogP contribution in [0, 0.1) is 13.8 Å². The molecule has 8 heteroatoms. The van der Waals surface area contributed by atoms with Crippen molar-refractivity contribution in [1.29, 1.82) is 0 Å². The lowest BCUT2D eigenvalue weighted by molar-refractivity contribution is -0.122. The highest BCUT2D eigenvalue weighted by Crippen LogP contribution is 2.31. The Balaban J connectivity index is 1.61. The fourth-order valence-electron chi connectivity index (χ4n) is 3.38. The number of aliphatic hydroxyl groups is 1. The molecule has 1 unspecified atom stereocenters. The van der Waals surface area contributed by atoms with Crippen LogP contribution in [0.25, 0.3) is 6.08 Å². The van der Waals surface area contributed by atoms with Gasteiger partial charge < -0.3 is 15.4 Å². The average molecular weight is 413 g/mol. The van der Waals surface area contributed by atoms with Gasteiger partial charge in [0.05, 0.1) is 11.0 Å². The Labute approximate surface area is 173 Å². The second-order valence-electron chi connectivity index (χ2n) is 6.84. The van der Waals surface area contributed by atoms with Gasteiger partial charge in [-0.25, -0.2) is 0 Å². The summed E-state index contributed by atoms with van der Waals surface area (Å²) in [5.41, 5.74) is 3.34. The summed E-state index contributed by atoms with van der Waals surface area (Å²) < 4.78 is 0. The van der Waals surface area contributed by atoms with Crippen LogP contribution in [-0.4, -0.2) is 45.1 Å². The Bertz CT molecular complexity index is 979. The first-order valence-corrected chi connectivity index (χ1v) is 10.1. The van der Waals surface area contributed by atoms with Crippen LogP contribution < -0.4 is 5.32 Å². The van der Waals surface area contributed by atoms with Gasteiger partial charge >= 0.3 is 0 Å². The molecular weight excluding hydrogens is 390 g/mol. The standard InChI is InChI=1S/C21H23N3O4S/c1-12-17(14(3)25)13(2)23-18(12)19(26)22-9-10-24-20(27)16(29-21(24)28)11-15-7-5-4-6-8-15/h4-8,11,14,23,25H,9-10H2,1-3H3,(H,22,26)/b16-11-. The van der Waals surface area contributed by atoms with Crippen molar-refractivity contribution in [3.05, 3.63) is 63.3 Å². The Morgan fingerprint density at radius 1 is 1.28 bits per heavy atom. The Kier molecular flexibility index (Phi) is 6.24. The normalized spacial score (nSPS) is 16.6. The molecule has 1 fully saturated rings. The van der Waals surface area contributed by atoms with Gasteiger partial charge in [-0.15, -0.1) is 0 Å². The number of amides is 3. The average Bonchev–Trinajstić information content (AvgIpc) is 3.12. The minimum atomic E-state index is -0.681. The molecule has 1 aliphatic rings. The number of benzene rings is 1. The number of carbonyl (C=O) groups excluding carboxylic acids is 3. The molecule has 29 heavy (non-hydrogen) atoms. The van der Waals surface area contributed by atoms with Crippen LogP contribution in [0.1, 0.15) is 45.9 Å². The highest BCUT2D eigenvalue weighted by Gasteiger charge is 2.34. The number of thioether (sulfide) groups is 1. The van der Waals surface area contributed by atoms with Gasteiger partial charge in [0.2, 0.25) is 0 Å². The molecule has 0 radical (unpaired) electrons. The van der Waals surface area contributed by atoms with E-state index in [4.69, 9.17) is 0 Å². The molecule has 0 aliphatic carbocycles. The number of aliphatic hydroxyl groups excluding tert-OH is 1. The summed E-state index contributed by atoms with van der Waals surface area (Å²) in [6.45, 7) is 5.44. The van der Waals surface area contributed by atoms with Crippen molar-refractivity contribution < 1.29 is 19.5 Å². The number of aromatic amines is 1. The van der Waals surface area contributed by atoms with Crippen molar-refractivity contribution in [2.45, 2.75) is 26.9 Å². The summed E-state index contributed by atoms with van der Waals surface area (Å²) >= 11 is 0.895. The van der Waals surface area contributed by atoms with E-state index in [2.05, 4.69) is 10.3 Å². The Morgan fingerprint density at radius 3 is 2.59 bits per heavy atom. The molecule has 1 aromatic heterocycles. The lowest BCUT2D eigenvalue weighted by Crippen LogP contribution is -2.37. The summed E-state index contributed by atoms with van der Waals surface area (Å²) in [5.74, 6) is -0.703. The first-order valence-electron chi connectivity index (χ1n) is 9.25. The molecule has 0 bridgehead atoms. The highest BCUT2D eigenvalue weighted by atomic mass is 32.2. The van der Waals surface area contributed by atoms with Crippen molar-refractivity contribution in [3.8, 4) is 0 Å². The fraction of sp³-hybridized carbons (Fsp3) is 0.286. The molecule has 1 aromatic carbocycles. The lowest BCUT2D eigenvalue weighted by atomic mass is 10.1. The third kappa shape index (κ3) is 4.44. The molecule has 2 heterocycles. The predicted molar refractivity (Wildman–Crippen MR) is 112 cm³/mol. The topological polar surface area (TPSA) is 103 Å². The van der Waals surface area contributed by atoms with Gasteiger partial charge in [0, 0.05) is 24.3 Å². The van der Waals surface area contributed by atoms with E-state index in [1.54, 1.807) is 26.8 Å². The van der Waals surface area contributed by atoms with E-state index in [1.807, 2.05) is 30.3 Å². The second kappa shape index (κ2) is 8.67. The summed E-state index contributed by atoms with van der Waals surface area (Å²) in [5, 5.41) is 12.2. The fourth-order valence-corrected chi connectivity index (χ4v) is 4.25. The molecule has 2 aromatic rings. The molecule has 1 aliphatic heterocycles. The number of H-pyrrole nitrogens is 1. The van der Waals surface area contributed by atoms with Crippen molar-refractivity contribution >= 4 is 34.9 Å². The molecule has 1 saturated heterocycles. The van der Waals surface area contributed by atoms with Crippen LogP contribution in [0.2, 0.25) is 0 Å². The van der Waals surface area contributed by atoms with Gasteiger partial charge in [0.1, 0.15) is 5.69 Å². The van der Waals surface area contributed by atoms with Gasteiger partial charge in [-0.1, -0.05) is 30.3 Å². The molecule has 7 nitrogen and oxygen atoms in total. The van der Waals surface area contributed by atoms with E-state index in [9.17, 15) is 19.5 Å². The van der Waals surface area contributed by atoms with E-state index in [0.29, 0.717) is 21.7 Å². The van der Waals surface area contributed by atoms with Gasteiger partial charge in [-0.3, -0.25) is 19.3 Å². The number of imide groups is 1. The van der Waals surface area contributed by atoms with Gasteiger partial charge in [-0.2, -0.15) is 0 Å². The molecule has 1 atom stereocenters. The molecule has 152 valence electrons. The van der Waals surface area contributed by atoms with E-state index < -0.39 is 6.10 Å². The second-order valence-corrected chi connectivity index (χ2v) is 7.83. The van der Waals surface area contributed by atoms with E-state index in [-0.39, 0.29) is 30.1 Å². The minimum Gasteiger partial charge on any atom is -0.389 e. The number of nitrogens with zero attached hydrogens (tertiary/aromatic N) is 1. The van der Waals surface area contributed by atoms with Crippen molar-refractivity contribution in [3.63, 3.8) is 0 Å². The minimum absolute atomic E-state index is 0.0878. The van der Waals surface area contributed by atoms with Crippen LogP contribution in [-0.2, 0) is 4.79 Å². The van der Waals surface area contributed by atoms with Crippen LogP contribution in [0.15, 0.2) is 35.2 Å². The van der Waals surface area contributed by atoms with Crippen molar-refractivity contribution in [2.75, 3.05) is 13.1 Å². The largest absolute Gasteiger partial charge is 0.389 e. The van der Waals surface area contributed by atoms with Crippen molar-refractivity contribution in [2.24, 2.45) is 0 Å². The molecule has 3 amide bonds. The number of hydrogen-bond acceptors (Lipinski definition) is 5. The third-order valence-electron chi connectivity index (χ3n) is 4.73. The molecule has 3 N–H and O–H groups in total. The molecular formula is C21H23N3O4S. The Hall–Kier alpha value is -2.84. The maximum Gasteiger partial charge on any atom is 0.293 e. The quantitative estimate of drug-likeness (QED) is 0.632. The monoisotopic (exact) mass is 413 g/mol. The van der Waals surface area contributed by atoms with Crippen molar-refractivity contribution in [1.82, 2.24) is 15.2 Å². The number of aryl methyl sites for hydroxylation is 1.